The minimum atomic E-state index is 0.304. The van der Waals surface area contributed by atoms with E-state index in [4.69, 9.17) is 5.73 Å². The standard InChI is InChI=1S/C15H21N3S/c1-3-18(11-13-4-7-17-8-5-13)14(10-16)15-12(2)6-9-19-15/h4-9,14H,3,10-11,16H2,1-2H3. The van der Waals surface area contributed by atoms with Crippen molar-refractivity contribution in [3.05, 3.63) is 52.0 Å². The van der Waals surface area contributed by atoms with Gasteiger partial charge in [0.25, 0.3) is 0 Å². The smallest absolute Gasteiger partial charge is 0.0569 e. The first-order valence-electron chi connectivity index (χ1n) is 6.63. The molecular weight excluding hydrogens is 254 g/mol. The summed E-state index contributed by atoms with van der Waals surface area (Å²) in [5, 5.41) is 2.15. The Morgan fingerprint density at radius 2 is 2.05 bits per heavy atom. The molecule has 0 aliphatic heterocycles. The van der Waals surface area contributed by atoms with Crippen LogP contribution in [0.3, 0.4) is 0 Å². The molecule has 2 rings (SSSR count). The van der Waals surface area contributed by atoms with Crippen LogP contribution in [0.25, 0.3) is 0 Å². The van der Waals surface area contributed by atoms with E-state index in [1.165, 1.54) is 16.0 Å². The Balaban J connectivity index is 2.18. The lowest BCUT2D eigenvalue weighted by Gasteiger charge is -2.29. The van der Waals surface area contributed by atoms with Crippen molar-refractivity contribution in [3.8, 4) is 0 Å². The van der Waals surface area contributed by atoms with E-state index in [2.05, 4.69) is 47.3 Å². The average Bonchev–Trinajstić information content (AvgIpc) is 2.86. The van der Waals surface area contributed by atoms with E-state index in [9.17, 15) is 0 Å². The molecule has 0 radical (unpaired) electrons. The van der Waals surface area contributed by atoms with Crippen molar-refractivity contribution in [2.75, 3.05) is 13.1 Å². The summed E-state index contributed by atoms with van der Waals surface area (Å²) in [6.07, 6.45) is 3.69. The highest BCUT2D eigenvalue weighted by Crippen LogP contribution is 2.28. The van der Waals surface area contributed by atoms with E-state index in [1.807, 2.05) is 12.4 Å². The number of nitrogens with zero attached hydrogens (tertiary/aromatic N) is 2. The molecule has 0 aliphatic carbocycles. The number of aryl methyl sites for hydroxylation is 1. The Morgan fingerprint density at radius 3 is 2.58 bits per heavy atom. The summed E-state index contributed by atoms with van der Waals surface area (Å²) in [5.41, 5.74) is 8.64. The summed E-state index contributed by atoms with van der Waals surface area (Å²) in [4.78, 5) is 7.88. The van der Waals surface area contributed by atoms with Gasteiger partial charge in [0.1, 0.15) is 0 Å². The third kappa shape index (κ3) is 3.41. The zero-order valence-electron chi connectivity index (χ0n) is 11.5. The zero-order chi connectivity index (χ0) is 13.7. The highest BCUT2D eigenvalue weighted by Gasteiger charge is 2.20. The quantitative estimate of drug-likeness (QED) is 0.881. The maximum Gasteiger partial charge on any atom is 0.0569 e. The van der Waals surface area contributed by atoms with Gasteiger partial charge in [-0.05, 0) is 48.2 Å². The highest BCUT2D eigenvalue weighted by atomic mass is 32.1. The molecule has 0 fully saturated rings. The van der Waals surface area contributed by atoms with E-state index in [1.54, 1.807) is 11.3 Å². The molecule has 0 aliphatic rings. The van der Waals surface area contributed by atoms with E-state index in [0.717, 1.165) is 13.1 Å². The normalized spacial score (nSPS) is 12.8. The van der Waals surface area contributed by atoms with Crippen LogP contribution in [-0.2, 0) is 6.54 Å². The lowest BCUT2D eigenvalue weighted by atomic mass is 10.1. The van der Waals surface area contributed by atoms with Gasteiger partial charge in [0.15, 0.2) is 0 Å². The molecule has 0 bridgehead atoms. The summed E-state index contributed by atoms with van der Waals surface area (Å²) >= 11 is 1.80. The van der Waals surface area contributed by atoms with Gasteiger partial charge in [-0.15, -0.1) is 11.3 Å². The fourth-order valence-electron chi connectivity index (χ4n) is 2.31. The third-order valence-electron chi connectivity index (χ3n) is 3.41. The third-order valence-corrected chi connectivity index (χ3v) is 4.53. The maximum atomic E-state index is 6.02. The minimum absolute atomic E-state index is 0.304. The molecule has 0 spiro atoms. The van der Waals surface area contributed by atoms with Crippen LogP contribution in [0.5, 0.6) is 0 Å². The van der Waals surface area contributed by atoms with E-state index < -0.39 is 0 Å². The van der Waals surface area contributed by atoms with Gasteiger partial charge in [-0.25, -0.2) is 0 Å². The first-order valence-corrected chi connectivity index (χ1v) is 7.51. The molecular formula is C15H21N3S. The predicted molar refractivity (Wildman–Crippen MR) is 81.2 cm³/mol. The molecule has 2 heterocycles. The Bertz CT molecular complexity index is 495. The van der Waals surface area contributed by atoms with Crippen molar-refractivity contribution in [2.45, 2.75) is 26.4 Å². The Hall–Kier alpha value is -1.23. The van der Waals surface area contributed by atoms with Crippen molar-refractivity contribution in [3.63, 3.8) is 0 Å². The first kappa shape index (κ1) is 14.2. The fourth-order valence-corrected chi connectivity index (χ4v) is 3.39. The molecule has 0 amide bonds. The molecule has 0 aromatic carbocycles. The number of nitrogens with two attached hydrogens (primary N) is 1. The number of hydrogen-bond donors (Lipinski definition) is 1. The van der Waals surface area contributed by atoms with Crippen LogP contribution in [0, 0.1) is 6.92 Å². The van der Waals surface area contributed by atoms with Gasteiger partial charge in [-0.3, -0.25) is 9.88 Å². The Kier molecular flexibility index (Phi) is 5.07. The van der Waals surface area contributed by atoms with Crippen LogP contribution >= 0.6 is 11.3 Å². The number of hydrogen-bond acceptors (Lipinski definition) is 4. The van der Waals surface area contributed by atoms with E-state index in [0.29, 0.717) is 12.6 Å². The van der Waals surface area contributed by atoms with Crippen LogP contribution in [0.4, 0.5) is 0 Å². The molecule has 19 heavy (non-hydrogen) atoms. The second-order valence-corrected chi connectivity index (χ2v) is 5.59. The van der Waals surface area contributed by atoms with Gasteiger partial charge in [0, 0.05) is 30.4 Å². The van der Waals surface area contributed by atoms with Crippen molar-refractivity contribution in [1.82, 2.24) is 9.88 Å². The van der Waals surface area contributed by atoms with Crippen LogP contribution in [0.1, 0.15) is 29.0 Å². The molecule has 0 saturated heterocycles. The van der Waals surface area contributed by atoms with E-state index in [-0.39, 0.29) is 0 Å². The number of rotatable bonds is 6. The molecule has 1 unspecified atom stereocenters. The molecule has 1 atom stereocenters. The average molecular weight is 275 g/mol. The second kappa shape index (κ2) is 6.80. The van der Waals surface area contributed by atoms with Gasteiger partial charge in [-0.1, -0.05) is 6.92 Å². The Morgan fingerprint density at radius 1 is 1.32 bits per heavy atom. The molecule has 102 valence electrons. The topological polar surface area (TPSA) is 42.2 Å². The SMILES string of the molecule is CCN(Cc1ccncc1)C(CN)c1sccc1C. The number of aromatic nitrogens is 1. The van der Waals surface area contributed by atoms with Crippen molar-refractivity contribution >= 4 is 11.3 Å². The fraction of sp³-hybridized carbons (Fsp3) is 0.400. The lowest BCUT2D eigenvalue weighted by molar-refractivity contribution is 0.206. The number of likely N-dealkylation sites (N-methyl/N-ethyl adjacent to an activating group) is 1. The highest BCUT2D eigenvalue weighted by molar-refractivity contribution is 7.10. The van der Waals surface area contributed by atoms with Gasteiger partial charge in [-0.2, -0.15) is 0 Å². The first-order chi connectivity index (χ1) is 9.26. The van der Waals surface area contributed by atoms with Crippen molar-refractivity contribution in [1.29, 1.82) is 0 Å². The summed E-state index contributed by atoms with van der Waals surface area (Å²) in [6, 6.07) is 6.61. The van der Waals surface area contributed by atoms with Gasteiger partial charge >= 0.3 is 0 Å². The molecule has 4 heteroatoms. The molecule has 2 aromatic heterocycles. The predicted octanol–water partition coefficient (Wildman–Crippen LogP) is 2.97. The maximum absolute atomic E-state index is 6.02. The Labute approximate surface area is 119 Å². The second-order valence-electron chi connectivity index (χ2n) is 4.64. The zero-order valence-corrected chi connectivity index (χ0v) is 12.4. The monoisotopic (exact) mass is 275 g/mol. The van der Waals surface area contributed by atoms with Gasteiger partial charge in [0.2, 0.25) is 0 Å². The number of pyridine rings is 1. The van der Waals surface area contributed by atoms with E-state index >= 15 is 0 Å². The summed E-state index contributed by atoms with van der Waals surface area (Å²) in [6.45, 7) is 6.90. The lowest BCUT2D eigenvalue weighted by Crippen LogP contribution is -2.33. The van der Waals surface area contributed by atoms with Crippen LogP contribution in [0.2, 0.25) is 0 Å². The summed E-state index contributed by atoms with van der Waals surface area (Å²) in [5.74, 6) is 0. The van der Waals surface area contributed by atoms with Crippen molar-refractivity contribution < 1.29 is 0 Å². The largest absolute Gasteiger partial charge is 0.329 e. The molecule has 2 N–H and O–H groups in total. The van der Waals surface area contributed by atoms with Crippen LogP contribution < -0.4 is 5.73 Å². The molecule has 3 nitrogen and oxygen atoms in total. The van der Waals surface area contributed by atoms with Gasteiger partial charge in [0.05, 0.1) is 6.04 Å². The van der Waals surface area contributed by atoms with Crippen molar-refractivity contribution in [2.24, 2.45) is 5.73 Å². The summed E-state index contributed by atoms with van der Waals surface area (Å²) < 4.78 is 0. The van der Waals surface area contributed by atoms with Gasteiger partial charge < -0.3 is 5.73 Å². The number of thiophene rings is 1. The molecule has 2 aromatic rings. The molecule has 0 saturated carbocycles. The van der Waals surface area contributed by atoms with Crippen LogP contribution in [-0.4, -0.2) is 23.0 Å². The van der Waals surface area contributed by atoms with Crippen LogP contribution in [0.15, 0.2) is 36.0 Å². The minimum Gasteiger partial charge on any atom is -0.329 e. The summed E-state index contributed by atoms with van der Waals surface area (Å²) in [7, 11) is 0.